The average Bonchev–Trinajstić information content (AvgIpc) is 2.30. The molecule has 104 valence electrons. The molecular formula is C14H20N2O3. The fourth-order valence-electron chi connectivity index (χ4n) is 1.73. The number of carboxylic acid groups (broad SMARTS) is 1. The van der Waals surface area contributed by atoms with Crippen LogP contribution in [0, 0.1) is 12.8 Å². The zero-order chi connectivity index (χ0) is 14.4. The molecule has 0 aliphatic rings. The molecule has 0 radical (unpaired) electrons. The first-order valence-corrected chi connectivity index (χ1v) is 6.32. The molecule has 0 aliphatic carbocycles. The molecule has 5 nitrogen and oxygen atoms in total. The Labute approximate surface area is 113 Å². The van der Waals surface area contributed by atoms with Crippen LogP contribution in [-0.2, 0) is 16.0 Å². The Hall–Kier alpha value is -1.91. The van der Waals surface area contributed by atoms with Crippen LogP contribution in [0.2, 0.25) is 0 Å². The van der Waals surface area contributed by atoms with E-state index in [2.05, 4.69) is 10.3 Å². The molecule has 1 heterocycles. The van der Waals surface area contributed by atoms with E-state index >= 15 is 0 Å². The summed E-state index contributed by atoms with van der Waals surface area (Å²) in [6, 6.07) is 2.82. The highest BCUT2D eigenvalue weighted by Crippen LogP contribution is 2.06. The van der Waals surface area contributed by atoms with Gasteiger partial charge in [0.2, 0.25) is 5.91 Å². The molecular weight excluding hydrogens is 244 g/mol. The summed E-state index contributed by atoms with van der Waals surface area (Å²) in [5.41, 5.74) is 1.66. The zero-order valence-electron chi connectivity index (χ0n) is 11.5. The summed E-state index contributed by atoms with van der Waals surface area (Å²) in [6.07, 6.45) is 2.20. The maximum Gasteiger partial charge on any atom is 0.326 e. The Morgan fingerprint density at radius 2 is 2.05 bits per heavy atom. The van der Waals surface area contributed by atoms with Gasteiger partial charge in [-0.25, -0.2) is 4.79 Å². The lowest BCUT2D eigenvalue weighted by Gasteiger charge is -2.16. The maximum absolute atomic E-state index is 11.8. The monoisotopic (exact) mass is 264 g/mol. The largest absolute Gasteiger partial charge is 0.480 e. The summed E-state index contributed by atoms with van der Waals surface area (Å²) < 4.78 is 0. The van der Waals surface area contributed by atoms with Gasteiger partial charge in [-0.1, -0.05) is 19.9 Å². The van der Waals surface area contributed by atoms with Crippen LogP contribution in [0.15, 0.2) is 18.3 Å². The highest BCUT2D eigenvalue weighted by atomic mass is 16.4. The normalized spacial score (nSPS) is 12.2. The lowest BCUT2D eigenvalue weighted by Crippen LogP contribution is -2.42. The number of pyridine rings is 1. The van der Waals surface area contributed by atoms with Crippen LogP contribution >= 0.6 is 0 Å². The van der Waals surface area contributed by atoms with E-state index in [0.717, 1.165) is 11.3 Å². The van der Waals surface area contributed by atoms with Crippen LogP contribution in [-0.4, -0.2) is 28.0 Å². The van der Waals surface area contributed by atoms with Gasteiger partial charge in [0.05, 0.1) is 6.42 Å². The molecule has 0 unspecified atom stereocenters. The van der Waals surface area contributed by atoms with E-state index in [1.807, 2.05) is 32.9 Å². The van der Waals surface area contributed by atoms with Crippen LogP contribution in [0.4, 0.5) is 0 Å². The van der Waals surface area contributed by atoms with Gasteiger partial charge in [-0.15, -0.1) is 0 Å². The standard InChI is InChI=1S/C14H20N2O3/c1-9(2)6-12(14(18)19)16-13(17)7-11-5-4-10(3)15-8-11/h4-5,8-9,12H,6-7H2,1-3H3,(H,16,17)(H,18,19)/t12-/m1/s1. The van der Waals surface area contributed by atoms with Crippen molar-refractivity contribution < 1.29 is 14.7 Å². The van der Waals surface area contributed by atoms with Crippen LogP contribution in [0.25, 0.3) is 0 Å². The van der Waals surface area contributed by atoms with Gasteiger partial charge in [-0.05, 0) is 30.9 Å². The molecule has 1 amide bonds. The highest BCUT2D eigenvalue weighted by Gasteiger charge is 2.20. The Morgan fingerprint density at radius 3 is 2.53 bits per heavy atom. The third-order valence-corrected chi connectivity index (χ3v) is 2.68. The summed E-state index contributed by atoms with van der Waals surface area (Å²) in [7, 11) is 0. The molecule has 0 bridgehead atoms. The molecule has 1 aromatic rings. The average molecular weight is 264 g/mol. The fourth-order valence-corrected chi connectivity index (χ4v) is 1.73. The number of aryl methyl sites for hydroxylation is 1. The van der Waals surface area contributed by atoms with Crippen LogP contribution in [0.5, 0.6) is 0 Å². The topological polar surface area (TPSA) is 79.3 Å². The van der Waals surface area contributed by atoms with Gasteiger partial charge in [0.25, 0.3) is 0 Å². The number of nitrogens with one attached hydrogen (secondary N) is 1. The Bertz CT molecular complexity index is 441. The summed E-state index contributed by atoms with van der Waals surface area (Å²) in [5, 5.41) is 11.6. The van der Waals surface area contributed by atoms with Gasteiger partial charge in [0, 0.05) is 11.9 Å². The molecule has 1 rings (SSSR count). The van der Waals surface area contributed by atoms with E-state index in [-0.39, 0.29) is 18.2 Å². The van der Waals surface area contributed by atoms with Crippen molar-refractivity contribution in [2.45, 2.75) is 39.7 Å². The van der Waals surface area contributed by atoms with E-state index in [1.54, 1.807) is 6.20 Å². The number of amides is 1. The van der Waals surface area contributed by atoms with Crippen molar-refractivity contribution in [3.05, 3.63) is 29.6 Å². The Balaban J connectivity index is 2.57. The van der Waals surface area contributed by atoms with Crippen molar-refractivity contribution in [1.82, 2.24) is 10.3 Å². The van der Waals surface area contributed by atoms with Gasteiger partial charge in [0.1, 0.15) is 6.04 Å². The first kappa shape index (κ1) is 15.1. The minimum Gasteiger partial charge on any atom is -0.480 e. The van der Waals surface area contributed by atoms with Crippen molar-refractivity contribution in [3.8, 4) is 0 Å². The second-order valence-electron chi connectivity index (χ2n) is 5.07. The minimum absolute atomic E-state index is 0.148. The van der Waals surface area contributed by atoms with Crippen LogP contribution in [0.3, 0.4) is 0 Å². The number of carbonyl (C=O) groups excluding carboxylic acids is 1. The second-order valence-corrected chi connectivity index (χ2v) is 5.07. The lowest BCUT2D eigenvalue weighted by molar-refractivity contribution is -0.142. The number of carbonyl (C=O) groups is 2. The third kappa shape index (κ3) is 5.50. The Kier molecular flexibility index (Phi) is 5.48. The second kappa shape index (κ2) is 6.87. The van der Waals surface area contributed by atoms with Crippen LogP contribution in [0.1, 0.15) is 31.5 Å². The number of carboxylic acids is 1. The third-order valence-electron chi connectivity index (χ3n) is 2.68. The number of hydrogen-bond acceptors (Lipinski definition) is 3. The predicted molar refractivity (Wildman–Crippen MR) is 71.7 cm³/mol. The maximum atomic E-state index is 11.8. The lowest BCUT2D eigenvalue weighted by atomic mass is 10.0. The van der Waals surface area contributed by atoms with E-state index in [1.165, 1.54) is 0 Å². The van der Waals surface area contributed by atoms with Gasteiger partial charge < -0.3 is 10.4 Å². The fraction of sp³-hybridized carbons (Fsp3) is 0.500. The van der Waals surface area contributed by atoms with E-state index in [9.17, 15) is 9.59 Å². The molecule has 19 heavy (non-hydrogen) atoms. The number of aromatic nitrogens is 1. The summed E-state index contributed by atoms with van der Waals surface area (Å²) in [4.78, 5) is 26.9. The molecule has 0 fully saturated rings. The Morgan fingerprint density at radius 1 is 1.37 bits per heavy atom. The highest BCUT2D eigenvalue weighted by molar-refractivity contribution is 5.84. The van der Waals surface area contributed by atoms with Gasteiger partial charge in [-0.3, -0.25) is 9.78 Å². The van der Waals surface area contributed by atoms with E-state index in [4.69, 9.17) is 5.11 Å². The molecule has 1 atom stereocenters. The molecule has 0 aromatic carbocycles. The summed E-state index contributed by atoms with van der Waals surface area (Å²) in [6.45, 7) is 5.71. The van der Waals surface area contributed by atoms with Crippen molar-refractivity contribution in [2.24, 2.45) is 5.92 Å². The van der Waals surface area contributed by atoms with E-state index in [0.29, 0.717) is 6.42 Å². The predicted octanol–water partition coefficient (Wildman–Crippen LogP) is 1.55. The molecule has 5 heteroatoms. The van der Waals surface area contributed by atoms with Crippen molar-refractivity contribution in [3.63, 3.8) is 0 Å². The number of aliphatic carboxylic acids is 1. The molecule has 0 saturated carbocycles. The quantitative estimate of drug-likeness (QED) is 0.817. The summed E-state index contributed by atoms with van der Waals surface area (Å²) >= 11 is 0. The number of rotatable bonds is 6. The molecule has 0 aliphatic heterocycles. The molecule has 1 aromatic heterocycles. The van der Waals surface area contributed by atoms with Gasteiger partial charge in [0.15, 0.2) is 0 Å². The summed E-state index contributed by atoms with van der Waals surface area (Å²) in [5.74, 6) is -1.08. The van der Waals surface area contributed by atoms with Crippen molar-refractivity contribution >= 4 is 11.9 Å². The smallest absolute Gasteiger partial charge is 0.326 e. The molecule has 2 N–H and O–H groups in total. The van der Waals surface area contributed by atoms with Gasteiger partial charge in [-0.2, -0.15) is 0 Å². The first-order chi connectivity index (χ1) is 8.88. The molecule has 0 saturated heterocycles. The molecule has 0 spiro atoms. The van der Waals surface area contributed by atoms with Crippen molar-refractivity contribution in [1.29, 1.82) is 0 Å². The number of nitrogens with zero attached hydrogens (tertiary/aromatic N) is 1. The van der Waals surface area contributed by atoms with Crippen molar-refractivity contribution in [2.75, 3.05) is 0 Å². The zero-order valence-corrected chi connectivity index (χ0v) is 11.5. The van der Waals surface area contributed by atoms with Crippen LogP contribution < -0.4 is 5.32 Å². The van der Waals surface area contributed by atoms with E-state index < -0.39 is 12.0 Å². The first-order valence-electron chi connectivity index (χ1n) is 6.32. The SMILES string of the molecule is Cc1ccc(CC(=O)N[C@H](CC(C)C)C(=O)O)cn1. The minimum atomic E-state index is -0.996. The number of hydrogen-bond donors (Lipinski definition) is 2. The van der Waals surface area contributed by atoms with Gasteiger partial charge >= 0.3 is 5.97 Å².